The Balaban J connectivity index is 3.70. The van der Waals surface area contributed by atoms with Gasteiger partial charge in [-0.3, -0.25) is 0 Å². The number of hydrogen-bond acceptors (Lipinski definition) is 6. The molecule has 0 aliphatic heterocycles. The Labute approximate surface area is 212 Å². The predicted octanol–water partition coefficient (Wildman–Crippen LogP) is 2.78. The van der Waals surface area contributed by atoms with Gasteiger partial charge in [-0.1, -0.05) is 43.6 Å². The zero-order chi connectivity index (χ0) is 22.8. The normalized spacial score (nSPS) is 9.80. The lowest BCUT2D eigenvalue weighted by Crippen LogP contribution is -2.48. The van der Waals surface area contributed by atoms with Crippen molar-refractivity contribution < 1.29 is 0 Å². The summed E-state index contributed by atoms with van der Waals surface area (Å²) in [5, 5.41) is 19.4. The van der Waals surface area contributed by atoms with Crippen molar-refractivity contribution in [3.05, 3.63) is 0 Å². The molecule has 30 heavy (non-hydrogen) atoms. The van der Waals surface area contributed by atoms with Gasteiger partial charge in [-0.25, -0.2) is 0 Å². The van der Waals surface area contributed by atoms with E-state index in [0.717, 1.165) is 59.5 Å². The zero-order valence-corrected chi connectivity index (χ0v) is 22.4. The fraction of sp³-hybridized carbons (Fsp3) is 0.667. The molecule has 6 N–H and O–H groups in total. The van der Waals surface area contributed by atoms with Gasteiger partial charge < -0.3 is 31.9 Å². The molecule has 0 saturated heterocycles. The number of thiocarbonyl (C=S) groups is 6. The third-order valence-corrected chi connectivity index (χ3v) is 6.06. The van der Waals surface area contributed by atoms with Gasteiger partial charge in [0, 0.05) is 18.5 Å². The maximum absolute atomic E-state index is 5.45. The van der Waals surface area contributed by atoms with E-state index in [4.69, 9.17) is 73.3 Å². The van der Waals surface area contributed by atoms with Gasteiger partial charge in [0.2, 0.25) is 0 Å². The second-order valence-corrected chi connectivity index (χ2v) is 9.29. The van der Waals surface area contributed by atoms with Crippen molar-refractivity contribution in [2.75, 3.05) is 26.9 Å². The van der Waals surface area contributed by atoms with Crippen LogP contribution in [0.25, 0.3) is 0 Å². The van der Waals surface area contributed by atoms with Crippen LogP contribution >= 0.6 is 73.3 Å². The van der Waals surface area contributed by atoms with Crippen LogP contribution in [0.15, 0.2) is 0 Å². The standard InChI is InChI=1S/C18H32N6S6/c1-3-13(25)6-4-7-14(26)8-5-9-15(27)10-20-17(29)22-12-24-18(30)23-11-21-16(28)19-2/h3-12H2,1-2H3,(H2,19,21,28)(H2,20,22,29)(H2,23,24,30). The minimum Gasteiger partial charge on any atom is -0.366 e. The molecular formula is C18H32N6S6. The van der Waals surface area contributed by atoms with E-state index in [1.165, 1.54) is 0 Å². The first-order chi connectivity index (χ1) is 14.3. The van der Waals surface area contributed by atoms with E-state index >= 15 is 0 Å². The van der Waals surface area contributed by atoms with E-state index < -0.39 is 0 Å². The van der Waals surface area contributed by atoms with Crippen molar-refractivity contribution in [2.45, 2.75) is 51.9 Å². The summed E-state index contributed by atoms with van der Waals surface area (Å²) in [5.74, 6) is 0. The van der Waals surface area contributed by atoms with E-state index in [0.29, 0.717) is 35.2 Å². The summed E-state index contributed by atoms with van der Waals surface area (Å²) in [5.41, 5.74) is 0. The predicted molar refractivity (Wildman–Crippen MR) is 153 cm³/mol. The fourth-order valence-corrected chi connectivity index (χ4v) is 3.17. The molecule has 0 rings (SSSR count). The maximum Gasteiger partial charge on any atom is 0.169 e. The van der Waals surface area contributed by atoms with Crippen molar-refractivity contribution in [2.24, 2.45) is 0 Å². The Morgan fingerprint density at radius 2 is 1.00 bits per heavy atom. The summed E-state index contributed by atoms with van der Waals surface area (Å²) in [6.07, 6.45) is 6.76. The molecule has 0 amide bonds. The highest BCUT2D eigenvalue weighted by atomic mass is 32.1. The first kappa shape index (κ1) is 29.3. The third-order valence-electron chi connectivity index (χ3n) is 3.89. The van der Waals surface area contributed by atoms with Crippen LogP contribution in [0.4, 0.5) is 0 Å². The number of hydrogen-bond donors (Lipinski definition) is 6. The van der Waals surface area contributed by atoms with Gasteiger partial charge in [0.05, 0.1) is 13.3 Å². The van der Waals surface area contributed by atoms with E-state index in [1.807, 2.05) is 0 Å². The van der Waals surface area contributed by atoms with Crippen molar-refractivity contribution in [1.29, 1.82) is 0 Å². The lowest BCUT2D eigenvalue weighted by Gasteiger charge is -2.14. The fourth-order valence-electron chi connectivity index (χ4n) is 2.16. The lowest BCUT2D eigenvalue weighted by atomic mass is 10.1. The summed E-state index contributed by atoms with van der Waals surface area (Å²) in [6.45, 7) is 3.49. The molecule has 6 nitrogen and oxygen atoms in total. The van der Waals surface area contributed by atoms with Gasteiger partial charge >= 0.3 is 0 Å². The van der Waals surface area contributed by atoms with Crippen molar-refractivity contribution in [3.8, 4) is 0 Å². The van der Waals surface area contributed by atoms with Crippen molar-refractivity contribution >= 4 is 103 Å². The molecule has 0 bridgehead atoms. The van der Waals surface area contributed by atoms with Crippen LogP contribution < -0.4 is 31.9 Å². The Morgan fingerprint density at radius 3 is 1.50 bits per heavy atom. The molecule has 0 aromatic carbocycles. The summed E-state index contributed by atoms with van der Waals surface area (Å²) in [4.78, 5) is 3.18. The summed E-state index contributed by atoms with van der Waals surface area (Å²) < 4.78 is 0. The first-order valence-corrected chi connectivity index (χ1v) is 12.3. The second kappa shape index (κ2) is 19.1. The monoisotopic (exact) mass is 524 g/mol. The molecule has 170 valence electrons. The smallest absolute Gasteiger partial charge is 0.169 e. The molecule has 0 radical (unpaired) electrons. The largest absolute Gasteiger partial charge is 0.366 e. The SMILES string of the molecule is CCC(=S)CCCC(=S)CCCC(=S)CNC(=S)NCNC(=S)NCNC(=S)NC. The average molecular weight is 525 g/mol. The van der Waals surface area contributed by atoms with Gasteiger partial charge in [-0.15, -0.1) is 0 Å². The Hall–Kier alpha value is -0.660. The third kappa shape index (κ3) is 18.1. The molecule has 0 heterocycles. The van der Waals surface area contributed by atoms with Gasteiger partial charge in [-0.05, 0) is 91.3 Å². The molecule has 0 saturated carbocycles. The highest BCUT2D eigenvalue weighted by Gasteiger charge is 2.03. The number of rotatable bonds is 15. The minimum absolute atomic E-state index is 0.399. The summed E-state index contributed by atoms with van der Waals surface area (Å²) >= 11 is 31.5. The molecular weight excluding hydrogens is 493 g/mol. The van der Waals surface area contributed by atoms with Crippen LogP contribution in [0.2, 0.25) is 0 Å². The second-order valence-electron chi connectivity index (χ2n) is 6.33. The zero-order valence-electron chi connectivity index (χ0n) is 17.5. The van der Waals surface area contributed by atoms with Crippen LogP contribution in [0.3, 0.4) is 0 Å². The molecule has 0 aromatic heterocycles. The van der Waals surface area contributed by atoms with E-state index in [1.54, 1.807) is 7.05 Å². The van der Waals surface area contributed by atoms with Crippen LogP contribution in [-0.2, 0) is 0 Å². The highest BCUT2D eigenvalue weighted by Crippen LogP contribution is 2.08. The molecule has 0 unspecified atom stereocenters. The van der Waals surface area contributed by atoms with E-state index in [2.05, 4.69) is 38.8 Å². The Kier molecular flexibility index (Phi) is 18.6. The average Bonchev–Trinajstić information content (AvgIpc) is 2.71. The van der Waals surface area contributed by atoms with E-state index in [9.17, 15) is 0 Å². The molecule has 0 fully saturated rings. The molecule has 0 atom stereocenters. The van der Waals surface area contributed by atoms with Crippen molar-refractivity contribution in [3.63, 3.8) is 0 Å². The van der Waals surface area contributed by atoms with Gasteiger partial charge in [0.25, 0.3) is 0 Å². The van der Waals surface area contributed by atoms with Crippen LogP contribution in [0.1, 0.15) is 51.9 Å². The van der Waals surface area contributed by atoms with Gasteiger partial charge in [0.1, 0.15) is 0 Å². The topological polar surface area (TPSA) is 72.2 Å². The van der Waals surface area contributed by atoms with Crippen LogP contribution in [0, 0.1) is 0 Å². The summed E-state index contributed by atoms with van der Waals surface area (Å²) in [6, 6.07) is 0. The van der Waals surface area contributed by atoms with Crippen LogP contribution in [-0.4, -0.2) is 56.9 Å². The van der Waals surface area contributed by atoms with Crippen molar-refractivity contribution in [1.82, 2.24) is 31.9 Å². The maximum atomic E-state index is 5.45. The van der Waals surface area contributed by atoms with E-state index in [-0.39, 0.29) is 0 Å². The van der Waals surface area contributed by atoms with Gasteiger partial charge in [-0.2, -0.15) is 0 Å². The molecule has 0 aliphatic carbocycles. The Morgan fingerprint density at radius 1 is 0.567 bits per heavy atom. The Bertz CT molecular complexity index is 558. The quantitative estimate of drug-likeness (QED) is 0.141. The van der Waals surface area contributed by atoms with Gasteiger partial charge in [0.15, 0.2) is 15.3 Å². The minimum atomic E-state index is 0.399. The first-order valence-electron chi connectivity index (χ1n) is 9.82. The molecule has 0 aliphatic rings. The number of nitrogens with one attached hydrogen (secondary N) is 6. The van der Waals surface area contributed by atoms with Crippen LogP contribution in [0.5, 0.6) is 0 Å². The lowest BCUT2D eigenvalue weighted by molar-refractivity contribution is 0.760. The highest BCUT2D eigenvalue weighted by molar-refractivity contribution is 7.81. The molecule has 12 heteroatoms. The summed E-state index contributed by atoms with van der Waals surface area (Å²) in [7, 11) is 1.75. The molecule has 0 aromatic rings. The molecule has 0 spiro atoms.